The first kappa shape index (κ1) is 21.5. The second-order valence-electron chi connectivity index (χ2n) is 8.60. The van der Waals surface area contributed by atoms with Crippen molar-refractivity contribution in [3.05, 3.63) is 41.0 Å². The van der Waals surface area contributed by atoms with Crippen LogP contribution in [0.25, 0.3) is 0 Å². The first-order valence-corrected chi connectivity index (χ1v) is 11.5. The molecule has 158 valence electrons. The molecule has 0 aliphatic carbocycles. The van der Waals surface area contributed by atoms with E-state index in [1.165, 1.54) is 10.6 Å². The smallest absolute Gasteiger partial charge is 0.272 e. The molecule has 0 radical (unpaired) electrons. The number of hydrogen-bond acceptors (Lipinski definition) is 5. The van der Waals surface area contributed by atoms with Crippen LogP contribution < -0.4 is 4.74 Å². The van der Waals surface area contributed by atoms with Gasteiger partial charge in [-0.1, -0.05) is 39.0 Å². The molecule has 1 amide bonds. The van der Waals surface area contributed by atoms with E-state index in [1.807, 2.05) is 18.2 Å². The molecular formula is C21H29N3O4S. The second-order valence-corrected chi connectivity index (χ2v) is 10.6. The molecule has 7 nitrogen and oxygen atoms in total. The molecule has 0 fully saturated rings. The van der Waals surface area contributed by atoms with E-state index in [2.05, 4.69) is 31.8 Å². The van der Waals surface area contributed by atoms with Gasteiger partial charge in [-0.2, -0.15) is 4.31 Å². The molecule has 2 aliphatic heterocycles. The molecular weight excluding hydrogens is 390 g/mol. The van der Waals surface area contributed by atoms with Crippen molar-refractivity contribution in [2.75, 3.05) is 46.1 Å². The van der Waals surface area contributed by atoms with Gasteiger partial charge >= 0.3 is 0 Å². The normalized spacial score (nSPS) is 17.3. The molecule has 29 heavy (non-hydrogen) atoms. The van der Waals surface area contributed by atoms with Crippen molar-refractivity contribution in [2.45, 2.75) is 26.2 Å². The maximum Gasteiger partial charge on any atom is 0.272 e. The van der Waals surface area contributed by atoms with Gasteiger partial charge in [0.1, 0.15) is 18.1 Å². The minimum absolute atomic E-state index is 0.0340. The van der Waals surface area contributed by atoms with Crippen LogP contribution in [0.5, 0.6) is 5.75 Å². The predicted molar refractivity (Wildman–Crippen MR) is 114 cm³/mol. The molecule has 0 spiro atoms. The summed E-state index contributed by atoms with van der Waals surface area (Å²) < 4.78 is 30.9. The van der Waals surface area contributed by atoms with Crippen LogP contribution in [0.15, 0.2) is 40.4 Å². The number of carbonyl (C=O) groups excluding carboxylic acids is 1. The Kier molecular flexibility index (Phi) is 5.87. The predicted octanol–water partition coefficient (Wildman–Crippen LogP) is 1.85. The van der Waals surface area contributed by atoms with Crippen LogP contribution in [-0.2, 0) is 20.2 Å². The van der Waals surface area contributed by atoms with Gasteiger partial charge in [0.05, 0.1) is 19.3 Å². The average molecular weight is 420 g/mol. The minimum atomic E-state index is -3.28. The van der Waals surface area contributed by atoms with Crippen LogP contribution in [-0.4, -0.2) is 75.3 Å². The van der Waals surface area contributed by atoms with Crippen LogP contribution in [0, 0.1) is 0 Å². The molecule has 0 bridgehead atoms. The monoisotopic (exact) mass is 419 g/mol. The topological polar surface area (TPSA) is 79.3 Å². The van der Waals surface area contributed by atoms with Crippen molar-refractivity contribution < 1.29 is 17.9 Å². The standard InChI is InChI=1S/C21H29N3O4S/c1-21(2,3)17-8-6-7-9-18(17)28-11-10-23(4)20(25)19-16-14-24(29(5,26)27)13-15(16)12-22-19/h6-9H,10-14H2,1-5H3. The number of benzene rings is 1. The van der Waals surface area contributed by atoms with Gasteiger partial charge in [0.2, 0.25) is 10.0 Å². The first-order chi connectivity index (χ1) is 13.5. The average Bonchev–Trinajstić information content (AvgIpc) is 3.21. The number of likely N-dealkylation sites (N-methyl/N-ethyl adjacent to an activating group) is 1. The fourth-order valence-corrected chi connectivity index (χ4v) is 4.28. The SMILES string of the molecule is CN(CCOc1ccccc1C(C)(C)C)C(=O)C1=NCC2=C1CN(S(C)(=O)=O)C2. The molecule has 2 aliphatic rings. The van der Waals surface area contributed by atoms with Crippen molar-refractivity contribution in [3.63, 3.8) is 0 Å². The van der Waals surface area contributed by atoms with Gasteiger partial charge < -0.3 is 9.64 Å². The second kappa shape index (κ2) is 7.91. The maximum atomic E-state index is 12.9. The summed E-state index contributed by atoms with van der Waals surface area (Å²) in [5.41, 5.74) is 3.14. The molecule has 0 saturated carbocycles. The Bertz CT molecular complexity index is 974. The quantitative estimate of drug-likeness (QED) is 0.705. The molecule has 0 aromatic heterocycles. The highest BCUT2D eigenvalue weighted by molar-refractivity contribution is 7.88. The van der Waals surface area contributed by atoms with Gasteiger partial charge in [-0.25, -0.2) is 8.42 Å². The van der Waals surface area contributed by atoms with Gasteiger partial charge in [0.25, 0.3) is 5.91 Å². The van der Waals surface area contributed by atoms with Crippen molar-refractivity contribution in [2.24, 2.45) is 4.99 Å². The van der Waals surface area contributed by atoms with Crippen molar-refractivity contribution in [1.82, 2.24) is 9.21 Å². The largest absolute Gasteiger partial charge is 0.491 e. The third kappa shape index (κ3) is 4.70. The van der Waals surface area contributed by atoms with E-state index in [9.17, 15) is 13.2 Å². The molecule has 1 aromatic carbocycles. The molecule has 3 rings (SSSR count). The van der Waals surface area contributed by atoms with Gasteiger partial charge in [-0.3, -0.25) is 9.79 Å². The van der Waals surface area contributed by atoms with E-state index >= 15 is 0 Å². The minimum Gasteiger partial charge on any atom is -0.491 e. The molecule has 0 unspecified atom stereocenters. The summed E-state index contributed by atoms with van der Waals surface area (Å²) >= 11 is 0. The van der Waals surface area contributed by atoms with E-state index < -0.39 is 10.0 Å². The number of rotatable bonds is 6. The van der Waals surface area contributed by atoms with E-state index in [4.69, 9.17) is 4.74 Å². The van der Waals surface area contributed by atoms with Crippen LogP contribution in [0.4, 0.5) is 0 Å². The lowest BCUT2D eigenvalue weighted by Gasteiger charge is -2.24. The van der Waals surface area contributed by atoms with Crippen LogP contribution in [0.2, 0.25) is 0 Å². The lowest BCUT2D eigenvalue weighted by atomic mass is 9.86. The van der Waals surface area contributed by atoms with E-state index in [-0.39, 0.29) is 17.9 Å². The number of hydrogen-bond donors (Lipinski definition) is 0. The maximum absolute atomic E-state index is 12.9. The Morgan fingerprint density at radius 1 is 1.24 bits per heavy atom. The number of amides is 1. The highest BCUT2D eigenvalue weighted by Gasteiger charge is 2.36. The van der Waals surface area contributed by atoms with Crippen LogP contribution in [0.1, 0.15) is 26.3 Å². The molecule has 0 atom stereocenters. The third-order valence-corrected chi connectivity index (χ3v) is 6.44. The van der Waals surface area contributed by atoms with E-state index in [0.717, 1.165) is 22.5 Å². The Hall–Kier alpha value is -2.19. The number of nitrogens with zero attached hydrogens (tertiary/aromatic N) is 3. The Labute approximate surface area is 173 Å². The van der Waals surface area contributed by atoms with Gasteiger partial charge in [-0.15, -0.1) is 0 Å². The lowest BCUT2D eigenvalue weighted by Crippen LogP contribution is -2.38. The number of carbonyl (C=O) groups is 1. The molecule has 1 aromatic rings. The third-order valence-electron chi connectivity index (χ3n) is 5.24. The summed E-state index contributed by atoms with van der Waals surface area (Å²) in [7, 11) is -1.57. The number of sulfonamides is 1. The van der Waals surface area contributed by atoms with Gasteiger partial charge in [-0.05, 0) is 22.6 Å². The fourth-order valence-electron chi connectivity index (χ4n) is 3.53. The number of para-hydroxylation sites is 1. The highest BCUT2D eigenvalue weighted by atomic mass is 32.2. The number of ether oxygens (including phenoxy) is 1. The van der Waals surface area contributed by atoms with Crippen molar-refractivity contribution in [1.29, 1.82) is 0 Å². The first-order valence-electron chi connectivity index (χ1n) is 9.67. The lowest BCUT2D eigenvalue weighted by molar-refractivity contribution is -0.123. The molecule has 0 N–H and O–H groups in total. The van der Waals surface area contributed by atoms with Crippen molar-refractivity contribution >= 4 is 21.6 Å². The zero-order chi connectivity index (χ0) is 21.4. The molecule has 2 heterocycles. The Balaban J connectivity index is 1.59. The van der Waals surface area contributed by atoms with Crippen LogP contribution >= 0.6 is 0 Å². The molecule has 0 saturated heterocycles. The number of aliphatic imine (C=N–C) groups is 1. The summed E-state index contributed by atoms with van der Waals surface area (Å²) in [6.45, 7) is 8.12. The summed E-state index contributed by atoms with van der Waals surface area (Å²) in [6.07, 6.45) is 1.19. The summed E-state index contributed by atoms with van der Waals surface area (Å²) in [5.74, 6) is 0.627. The summed E-state index contributed by atoms with van der Waals surface area (Å²) in [4.78, 5) is 18.8. The van der Waals surface area contributed by atoms with Gasteiger partial charge in [0, 0.05) is 25.7 Å². The van der Waals surface area contributed by atoms with E-state index in [0.29, 0.717) is 32.0 Å². The highest BCUT2D eigenvalue weighted by Crippen LogP contribution is 2.31. The zero-order valence-electron chi connectivity index (χ0n) is 17.7. The fraction of sp³-hybridized carbons (Fsp3) is 0.524. The van der Waals surface area contributed by atoms with Crippen molar-refractivity contribution in [3.8, 4) is 5.75 Å². The Morgan fingerprint density at radius 3 is 2.59 bits per heavy atom. The Morgan fingerprint density at radius 2 is 1.93 bits per heavy atom. The molecule has 8 heteroatoms. The summed E-state index contributed by atoms with van der Waals surface area (Å²) in [6, 6.07) is 7.93. The van der Waals surface area contributed by atoms with Gasteiger partial charge in [0.15, 0.2) is 0 Å². The summed E-state index contributed by atoms with van der Waals surface area (Å²) in [5, 5.41) is 0. The van der Waals surface area contributed by atoms with Crippen LogP contribution in [0.3, 0.4) is 0 Å². The zero-order valence-corrected chi connectivity index (χ0v) is 18.5. The van der Waals surface area contributed by atoms with E-state index in [1.54, 1.807) is 11.9 Å².